The van der Waals surface area contributed by atoms with Crippen molar-refractivity contribution in [2.45, 2.75) is 0 Å². The van der Waals surface area contributed by atoms with Gasteiger partial charge in [0, 0.05) is 62.1 Å². The number of anilines is 6. The van der Waals surface area contributed by atoms with E-state index in [4.69, 9.17) is 9.97 Å². The van der Waals surface area contributed by atoms with Crippen LogP contribution < -0.4 is 9.80 Å². The Kier molecular flexibility index (Phi) is 9.10. The molecular weight excluding hydrogens is 815 g/mol. The molecule has 0 unspecified atom stereocenters. The minimum atomic E-state index is 0.855. The molecule has 3 aromatic heterocycles. The molecule has 67 heavy (non-hydrogen) atoms. The van der Waals surface area contributed by atoms with E-state index in [0.29, 0.717) is 0 Å². The van der Waals surface area contributed by atoms with Gasteiger partial charge in [-0.15, -0.1) is 0 Å². The van der Waals surface area contributed by atoms with E-state index in [-0.39, 0.29) is 0 Å². The lowest BCUT2D eigenvalue weighted by Gasteiger charge is -2.25. The first-order valence-electron chi connectivity index (χ1n) is 22.7. The molecule has 3 heterocycles. The van der Waals surface area contributed by atoms with Crippen molar-refractivity contribution in [3.05, 3.63) is 249 Å². The molecule has 0 bridgehead atoms. The fraction of sp³-hybridized carbons (Fsp3) is 0. The van der Waals surface area contributed by atoms with Crippen molar-refractivity contribution in [2.75, 3.05) is 9.80 Å². The molecule has 0 saturated carbocycles. The molecule has 10 aromatic carbocycles. The predicted molar refractivity (Wildman–Crippen MR) is 280 cm³/mol. The van der Waals surface area contributed by atoms with Gasteiger partial charge in [0.25, 0.3) is 0 Å². The summed E-state index contributed by atoms with van der Waals surface area (Å²) in [6.45, 7) is 0. The van der Waals surface area contributed by atoms with Crippen LogP contribution in [0.4, 0.5) is 34.4 Å². The van der Waals surface area contributed by atoms with Gasteiger partial charge in [-0.1, -0.05) is 140 Å². The van der Waals surface area contributed by atoms with Crippen molar-refractivity contribution in [3.63, 3.8) is 0 Å². The average Bonchev–Trinajstić information content (AvgIpc) is 3.74. The fourth-order valence-corrected chi connectivity index (χ4v) is 10.1. The van der Waals surface area contributed by atoms with E-state index in [1.807, 2.05) is 12.4 Å². The number of para-hydroxylation sites is 3. The van der Waals surface area contributed by atoms with Gasteiger partial charge in [-0.25, -0.2) is 9.97 Å². The summed E-state index contributed by atoms with van der Waals surface area (Å²) in [6, 6.07) is 84.3. The van der Waals surface area contributed by atoms with Gasteiger partial charge in [-0.05, 0) is 130 Å². The SMILES string of the molecule is c1ccc(N(c2ccc(-c3cc4ccc5cc(-c6ccc(N(c7ccccc7)c7cccc8ccccc78)nc6)cc6c5c4c(c3)n6-c3ccccc3)cn2)c2cccc3ccccc23)cc1. The maximum absolute atomic E-state index is 5.19. The molecule has 0 aliphatic heterocycles. The number of aromatic nitrogens is 3. The Morgan fingerprint density at radius 2 is 0.731 bits per heavy atom. The third-order valence-corrected chi connectivity index (χ3v) is 13.1. The summed E-state index contributed by atoms with van der Waals surface area (Å²) in [4.78, 5) is 14.9. The zero-order valence-electron chi connectivity index (χ0n) is 36.4. The summed E-state index contributed by atoms with van der Waals surface area (Å²) in [6.07, 6.45) is 4.04. The van der Waals surface area contributed by atoms with Gasteiger partial charge in [0.05, 0.1) is 22.4 Å². The molecule has 0 saturated heterocycles. The third kappa shape index (κ3) is 6.55. The lowest BCUT2D eigenvalue weighted by atomic mass is 9.96. The monoisotopic (exact) mass is 855 g/mol. The number of hydrogen-bond acceptors (Lipinski definition) is 4. The molecular formula is C62H41N5. The molecule has 0 aliphatic rings. The van der Waals surface area contributed by atoms with Crippen LogP contribution in [0.3, 0.4) is 0 Å². The van der Waals surface area contributed by atoms with Gasteiger partial charge in [0.2, 0.25) is 0 Å². The van der Waals surface area contributed by atoms with Crippen LogP contribution in [0.25, 0.3) is 82.1 Å². The van der Waals surface area contributed by atoms with Gasteiger partial charge >= 0.3 is 0 Å². The standard InChI is InChI=1S/C62H41N5/c1-4-20-50(21-5-1)65-57-38-48(46-32-34-59(63-40-46)66(51-22-6-2-7-23-51)55-28-14-18-42-16-10-12-26-53(42)55)36-44-30-31-45-37-49(39-58(65)62(45)61(44)57)47-33-35-60(64-41-47)67(52-24-8-3-9-25-52)56-29-15-19-43-17-11-13-27-54(43)56/h1-41H. The number of pyridine rings is 2. The predicted octanol–water partition coefficient (Wildman–Crippen LogP) is 16.7. The number of fused-ring (bicyclic) bond motifs is 2. The molecule has 0 atom stereocenters. The summed E-state index contributed by atoms with van der Waals surface area (Å²) in [5.41, 5.74) is 12.0. The molecule has 314 valence electrons. The second-order valence-corrected chi connectivity index (χ2v) is 17.1. The van der Waals surface area contributed by atoms with Gasteiger partial charge in [-0.2, -0.15) is 0 Å². The van der Waals surface area contributed by atoms with Crippen molar-refractivity contribution in [1.29, 1.82) is 0 Å². The van der Waals surface area contributed by atoms with E-state index >= 15 is 0 Å². The lowest BCUT2D eigenvalue weighted by Crippen LogP contribution is -2.11. The first kappa shape index (κ1) is 38.4. The molecule has 0 radical (unpaired) electrons. The van der Waals surface area contributed by atoms with E-state index in [2.05, 4.69) is 251 Å². The third-order valence-electron chi connectivity index (χ3n) is 13.1. The van der Waals surface area contributed by atoms with E-state index in [1.54, 1.807) is 0 Å². The van der Waals surface area contributed by atoms with Crippen molar-refractivity contribution in [3.8, 4) is 27.9 Å². The van der Waals surface area contributed by atoms with Crippen LogP contribution in [0.5, 0.6) is 0 Å². The highest BCUT2D eigenvalue weighted by molar-refractivity contribution is 6.25. The molecule has 13 rings (SSSR count). The van der Waals surface area contributed by atoms with E-state index < -0.39 is 0 Å². The lowest BCUT2D eigenvalue weighted by molar-refractivity contribution is 1.18. The Labute approximate surface area is 388 Å². The normalized spacial score (nSPS) is 11.6. The van der Waals surface area contributed by atoms with Gasteiger partial charge in [0.1, 0.15) is 11.6 Å². The summed E-state index contributed by atoms with van der Waals surface area (Å²) in [7, 11) is 0. The second kappa shape index (κ2) is 15.9. The Morgan fingerprint density at radius 1 is 0.313 bits per heavy atom. The molecule has 0 fully saturated rings. The van der Waals surface area contributed by atoms with E-state index in [1.165, 1.54) is 43.1 Å². The molecule has 5 nitrogen and oxygen atoms in total. The zero-order chi connectivity index (χ0) is 44.3. The highest BCUT2D eigenvalue weighted by Gasteiger charge is 2.22. The maximum Gasteiger partial charge on any atom is 0.137 e. The Bertz CT molecular complexity index is 3650. The number of hydrogen-bond donors (Lipinski definition) is 0. The van der Waals surface area contributed by atoms with E-state index in [9.17, 15) is 0 Å². The Morgan fingerprint density at radius 3 is 1.18 bits per heavy atom. The van der Waals surface area contributed by atoms with E-state index in [0.717, 1.165) is 73.4 Å². The highest BCUT2D eigenvalue weighted by atomic mass is 15.2. The molecule has 5 heteroatoms. The van der Waals surface area contributed by atoms with Gasteiger partial charge in [0.15, 0.2) is 0 Å². The number of benzene rings is 10. The summed E-state index contributed by atoms with van der Waals surface area (Å²) < 4.78 is 2.43. The maximum atomic E-state index is 5.19. The van der Waals surface area contributed by atoms with Crippen LogP contribution >= 0.6 is 0 Å². The molecule has 0 amide bonds. The Hall–Kier alpha value is -9.06. The largest absolute Gasteiger partial charge is 0.309 e. The van der Waals surface area contributed by atoms with Crippen molar-refractivity contribution in [1.82, 2.24) is 14.5 Å². The van der Waals surface area contributed by atoms with Crippen molar-refractivity contribution < 1.29 is 0 Å². The van der Waals surface area contributed by atoms with Crippen molar-refractivity contribution in [2.24, 2.45) is 0 Å². The molecule has 0 aliphatic carbocycles. The van der Waals surface area contributed by atoms with Gasteiger partial charge in [-0.3, -0.25) is 9.80 Å². The Balaban J connectivity index is 0.924. The minimum absolute atomic E-state index is 0.855. The molecule has 13 aromatic rings. The smallest absolute Gasteiger partial charge is 0.137 e. The first-order chi connectivity index (χ1) is 33.2. The molecule has 0 spiro atoms. The zero-order valence-corrected chi connectivity index (χ0v) is 36.4. The van der Waals surface area contributed by atoms with Crippen LogP contribution in [-0.4, -0.2) is 14.5 Å². The van der Waals surface area contributed by atoms with Crippen molar-refractivity contribution >= 4 is 88.5 Å². The minimum Gasteiger partial charge on any atom is -0.309 e. The van der Waals surface area contributed by atoms with Gasteiger partial charge < -0.3 is 4.57 Å². The summed E-state index contributed by atoms with van der Waals surface area (Å²) >= 11 is 0. The topological polar surface area (TPSA) is 37.2 Å². The summed E-state index contributed by atoms with van der Waals surface area (Å²) in [5.74, 6) is 1.71. The van der Waals surface area contributed by atoms with Crippen LogP contribution in [0.1, 0.15) is 0 Å². The van der Waals surface area contributed by atoms with Crippen LogP contribution in [-0.2, 0) is 0 Å². The van der Waals surface area contributed by atoms with Crippen LogP contribution in [0.2, 0.25) is 0 Å². The number of nitrogens with zero attached hydrogens (tertiary/aromatic N) is 5. The molecule has 0 N–H and O–H groups in total. The quantitative estimate of drug-likeness (QED) is 0.136. The second-order valence-electron chi connectivity index (χ2n) is 17.1. The van der Waals surface area contributed by atoms with Crippen LogP contribution in [0, 0.1) is 0 Å². The van der Waals surface area contributed by atoms with Crippen LogP contribution in [0.15, 0.2) is 249 Å². The summed E-state index contributed by atoms with van der Waals surface area (Å²) in [5, 5.41) is 9.62. The fourth-order valence-electron chi connectivity index (χ4n) is 10.1. The average molecular weight is 856 g/mol. The highest BCUT2D eigenvalue weighted by Crippen LogP contribution is 2.45. The first-order valence-corrected chi connectivity index (χ1v) is 22.7. The number of rotatable bonds is 9.